The summed E-state index contributed by atoms with van der Waals surface area (Å²) in [4.78, 5) is 19.0. The summed E-state index contributed by atoms with van der Waals surface area (Å²) in [6.07, 6.45) is 1.89. The maximum absolute atomic E-state index is 12.9. The molecule has 0 saturated heterocycles. The molecule has 5 nitrogen and oxygen atoms in total. The molecular weight excluding hydrogens is 419 g/mol. The molecule has 6 heteroatoms. The van der Waals surface area contributed by atoms with Crippen LogP contribution in [0.25, 0.3) is 11.5 Å². The van der Waals surface area contributed by atoms with Crippen molar-refractivity contribution in [2.24, 2.45) is 0 Å². The Labute approximate surface area is 195 Å². The Bertz CT molecular complexity index is 1010. The molecule has 33 heavy (non-hydrogen) atoms. The van der Waals surface area contributed by atoms with Crippen molar-refractivity contribution in [1.82, 2.24) is 9.88 Å². The number of hydrogen-bond donors (Lipinski definition) is 0. The number of carbonyl (C=O) groups excluding carboxylic acids is 1. The lowest BCUT2D eigenvalue weighted by Crippen LogP contribution is -2.21. The van der Waals surface area contributed by atoms with Crippen molar-refractivity contribution in [3.8, 4) is 11.5 Å². The summed E-state index contributed by atoms with van der Waals surface area (Å²) in [5, 5.41) is 0. The van der Waals surface area contributed by atoms with Crippen LogP contribution in [0.2, 0.25) is 0 Å². The van der Waals surface area contributed by atoms with Gasteiger partial charge in [-0.2, -0.15) is 0 Å². The van der Waals surface area contributed by atoms with E-state index in [1.165, 1.54) is 17.7 Å². The van der Waals surface area contributed by atoms with Gasteiger partial charge in [0.25, 0.3) is 0 Å². The van der Waals surface area contributed by atoms with Gasteiger partial charge < -0.3 is 9.15 Å². The fraction of sp³-hybridized carbons (Fsp3) is 0.407. The molecule has 0 aliphatic carbocycles. The van der Waals surface area contributed by atoms with E-state index in [1.54, 1.807) is 12.1 Å². The van der Waals surface area contributed by atoms with Crippen LogP contribution in [0.15, 0.2) is 52.9 Å². The average Bonchev–Trinajstić information content (AvgIpc) is 3.19. The van der Waals surface area contributed by atoms with Gasteiger partial charge in [-0.1, -0.05) is 38.1 Å². The Balaban J connectivity index is 1.44. The molecule has 0 saturated carbocycles. The van der Waals surface area contributed by atoms with Gasteiger partial charge in [-0.15, -0.1) is 0 Å². The lowest BCUT2D eigenvalue weighted by Gasteiger charge is -2.17. The Morgan fingerprint density at radius 1 is 1.03 bits per heavy atom. The molecule has 0 spiro atoms. The molecule has 1 aromatic heterocycles. The molecule has 0 aliphatic rings. The van der Waals surface area contributed by atoms with Gasteiger partial charge >= 0.3 is 0 Å². The maximum atomic E-state index is 12.9. The van der Waals surface area contributed by atoms with E-state index in [0.29, 0.717) is 30.2 Å². The first-order chi connectivity index (χ1) is 16.0. The third-order valence-corrected chi connectivity index (χ3v) is 5.73. The second-order valence-corrected chi connectivity index (χ2v) is 8.19. The zero-order chi connectivity index (χ0) is 23.6. The van der Waals surface area contributed by atoms with E-state index in [4.69, 9.17) is 9.15 Å². The molecule has 0 aliphatic heterocycles. The van der Waals surface area contributed by atoms with Gasteiger partial charge in [0.1, 0.15) is 23.9 Å². The van der Waals surface area contributed by atoms with Crippen molar-refractivity contribution in [2.45, 2.75) is 53.2 Å². The minimum Gasteiger partial charge on any atom is -0.441 e. The molecule has 0 unspecified atom stereocenters. The lowest BCUT2D eigenvalue weighted by molar-refractivity contribution is -0.124. The van der Waals surface area contributed by atoms with Crippen molar-refractivity contribution < 1.29 is 18.3 Å². The van der Waals surface area contributed by atoms with Gasteiger partial charge in [0.15, 0.2) is 5.78 Å². The van der Waals surface area contributed by atoms with E-state index < -0.39 is 0 Å². The number of rotatable bonds is 13. The van der Waals surface area contributed by atoms with Gasteiger partial charge in [0.05, 0.1) is 6.61 Å². The first kappa shape index (κ1) is 24.8. The maximum Gasteiger partial charge on any atom is 0.226 e. The highest BCUT2D eigenvalue weighted by Gasteiger charge is 2.13. The molecule has 176 valence electrons. The van der Waals surface area contributed by atoms with Crippen molar-refractivity contribution in [3.63, 3.8) is 0 Å². The summed E-state index contributed by atoms with van der Waals surface area (Å²) in [7, 11) is 0. The quantitative estimate of drug-likeness (QED) is 0.331. The first-order valence-corrected chi connectivity index (χ1v) is 11.6. The fourth-order valence-corrected chi connectivity index (χ4v) is 3.62. The molecule has 0 atom stereocenters. The highest BCUT2D eigenvalue weighted by atomic mass is 19.1. The van der Waals surface area contributed by atoms with Crippen LogP contribution in [0, 0.1) is 12.7 Å². The number of aryl methyl sites for hydroxylation is 2. The smallest absolute Gasteiger partial charge is 0.226 e. The molecular formula is C27H33FN2O3. The van der Waals surface area contributed by atoms with Crippen LogP contribution < -0.4 is 0 Å². The van der Waals surface area contributed by atoms with E-state index >= 15 is 0 Å². The van der Waals surface area contributed by atoms with Gasteiger partial charge in [-0.3, -0.25) is 9.69 Å². The minimum atomic E-state index is -0.248. The monoisotopic (exact) mass is 452 g/mol. The topological polar surface area (TPSA) is 55.6 Å². The first-order valence-electron chi connectivity index (χ1n) is 11.6. The molecule has 0 bridgehead atoms. The summed E-state index contributed by atoms with van der Waals surface area (Å²) in [5.41, 5.74) is 3.91. The largest absolute Gasteiger partial charge is 0.441 e. The predicted molar refractivity (Wildman–Crippen MR) is 127 cm³/mol. The summed E-state index contributed by atoms with van der Waals surface area (Å²) >= 11 is 0. The number of oxazole rings is 1. The number of aromatic nitrogens is 1. The average molecular weight is 453 g/mol. The molecule has 0 amide bonds. The van der Waals surface area contributed by atoms with E-state index in [9.17, 15) is 9.18 Å². The summed E-state index contributed by atoms with van der Waals surface area (Å²) in [6.45, 7) is 9.44. The highest BCUT2D eigenvalue weighted by Crippen LogP contribution is 2.23. The number of benzene rings is 2. The van der Waals surface area contributed by atoms with E-state index in [-0.39, 0.29) is 24.8 Å². The third kappa shape index (κ3) is 7.62. The number of carbonyl (C=O) groups is 1. The van der Waals surface area contributed by atoms with Gasteiger partial charge in [-0.25, -0.2) is 9.37 Å². The number of Topliss-reactive ketones (excluding diaryl/α,β-unsaturated/α-hetero) is 1. The number of nitrogens with zero attached hydrogens (tertiary/aromatic N) is 2. The molecule has 0 radical (unpaired) electrons. The molecule has 2 aromatic carbocycles. The Morgan fingerprint density at radius 2 is 1.70 bits per heavy atom. The summed E-state index contributed by atoms with van der Waals surface area (Å²) in [5.74, 6) is 1.05. The Hall–Kier alpha value is -2.83. The highest BCUT2D eigenvalue weighted by molar-refractivity contribution is 5.79. The fourth-order valence-electron chi connectivity index (χ4n) is 3.62. The van der Waals surface area contributed by atoms with Gasteiger partial charge in [0, 0.05) is 18.5 Å². The molecule has 3 rings (SSSR count). The number of ether oxygens (including phenoxy) is 1. The van der Waals surface area contributed by atoms with E-state index in [0.717, 1.165) is 37.2 Å². The van der Waals surface area contributed by atoms with Crippen LogP contribution in [0.1, 0.15) is 49.3 Å². The number of hydrogen-bond acceptors (Lipinski definition) is 5. The standard InChI is InChI=1S/C27H33FN2O3/c1-4-30(5-2)17-22-9-13-23(14-10-22)27-29-26(20(3)33-27)19-32-18-25(31)8-6-7-21-11-15-24(28)16-12-21/h9-16H,4-8,17-19H2,1-3H3. The van der Waals surface area contributed by atoms with Crippen LogP contribution in [-0.2, 0) is 29.1 Å². The van der Waals surface area contributed by atoms with Crippen LogP contribution in [0.5, 0.6) is 0 Å². The van der Waals surface area contributed by atoms with Gasteiger partial charge in [-0.05, 0) is 68.2 Å². The van der Waals surface area contributed by atoms with Crippen LogP contribution in [0.3, 0.4) is 0 Å². The molecule has 0 N–H and O–H groups in total. The normalized spacial score (nSPS) is 11.3. The Morgan fingerprint density at radius 3 is 2.36 bits per heavy atom. The third-order valence-electron chi connectivity index (χ3n) is 5.73. The van der Waals surface area contributed by atoms with Crippen molar-refractivity contribution in [2.75, 3.05) is 19.7 Å². The minimum absolute atomic E-state index is 0.0438. The van der Waals surface area contributed by atoms with Crippen molar-refractivity contribution >= 4 is 5.78 Å². The second-order valence-electron chi connectivity index (χ2n) is 8.19. The SMILES string of the molecule is CCN(CC)Cc1ccc(-c2nc(COCC(=O)CCCc3ccc(F)cc3)c(C)o2)cc1. The van der Waals surface area contributed by atoms with Crippen molar-refractivity contribution in [3.05, 3.63) is 76.9 Å². The van der Waals surface area contributed by atoms with Gasteiger partial charge in [0.2, 0.25) is 5.89 Å². The number of ketones is 1. The van der Waals surface area contributed by atoms with E-state index in [2.05, 4.69) is 35.9 Å². The lowest BCUT2D eigenvalue weighted by atomic mass is 10.1. The number of halogens is 1. The zero-order valence-electron chi connectivity index (χ0n) is 19.8. The van der Waals surface area contributed by atoms with Crippen LogP contribution in [0.4, 0.5) is 4.39 Å². The van der Waals surface area contributed by atoms with Crippen LogP contribution in [-0.4, -0.2) is 35.4 Å². The van der Waals surface area contributed by atoms with Crippen molar-refractivity contribution in [1.29, 1.82) is 0 Å². The second kappa shape index (κ2) is 12.4. The molecule has 1 heterocycles. The Kier molecular flexibility index (Phi) is 9.34. The summed E-state index contributed by atoms with van der Waals surface area (Å²) < 4.78 is 24.4. The van der Waals surface area contributed by atoms with Crippen LogP contribution >= 0.6 is 0 Å². The zero-order valence-corrected chi connectivity index (χ0v) is 19.8. The predicted octanol–water partition coefficient (Wildman–Crippen LogP) is 5.74. The summed E-state index contributed by atoms with van der Waals surface area (Å²) in [6, 6.07) is 14.6. The molecule has 3 aromatic rings. The molecule has 0 fully saturated rings. The van der Waals surface area contributed by atoms with E-state index in [1.807, 2.05) is 19.1 Å².